The Morgan fingerprint density at radius 1 is 0.971 bits per heavy atom. The van der Waals surface area contributed by atoms with Crippen molar-refractivity contribution in [1.82, 2.24) is 19.9 Å². The number of H-pyrrole nitrogens is 1. The minimum atomic E-state index is -1.68. The number of anilines is 3. The van der Waals surface area contributed by atoms with Crippen LogP contribution in [0.25, 0.3) is 11.0 Å². The lowest BCUT2D eigenvalue weighted by atomic mass is 9.93. The Balaban J connectivity index is 1.49. The molecule has 0 fully saturated rings. The first-order valence-electron chi connectivity index (χ1n) is 10.8. The van der Waals surface area contributed by atoms with Crippen molar-refractivity contribution in [2.45, 2.75) is 12.6 Å². The Kier molecular flexibility index (Phi) is 4.43. The van der Waals surface area contributed by atoms with E-state index >= 15 is 0 Å². The van der Waals surface area contributed by atoms with Crippen molar-refractivity contribution in [3.05, 3.63) is 107 Å². The topological polar surface area (TPSA) is 107 Å². The van der Waals surface area contributed by atoms with E-state index in [2.05, 4.69) is 25.3 Å². The summed E-state index contributed by atoms with van der Waals surface area (Å²) in [5, 5.41) is 15.3. The van der Waals surface area contributed by atoms with Gasteiger partial charge in [0.25, 0.3) is 5.91 Å². The fourth-order valence-electron chi connectivity index (χ4n) is 4.47. The molecule has 2 aromatic heterocycles. The number of aliphatic hydroxyl groups is 1. The molecule has 166 valence electrons. The molecule has 8 heteroatoms. The smallest absolute Gasteiger partial charge is 0.261 e. The van der Waals surface area contributed by atoms with Crippen LogP contribution in [0.2, 0.25) is 0 Å². The number of hydrogen-bond donors (Lipinski definition) is 3. The number of rotatable bonds is 4. The molecule has 6 rings (SSSR count). The highest BCUT2D eigenvalue weighted by Crippen LogP contribution is 2.45. The third kappa shape index (κ3) is 3.04. The fraction of sp³-hybridized carbons (Fsp3) is 0.0769. The molecule has 8 nitrogen and oxygen atoms in total. The molecule has 3 aromatic carbocycles. The van der Waals surface area contributed by atoms with Crippen LogP contribution >= 0.6 is 0 Å². The number of carbonyl (C=O) groups is 1. The van der Waals surface area contributed by atoms with Gasteiger partial charge in [0, 0.05) is 34.8 Å². The molecule has 5 aromatic rings. The zero-order valence-electron chi connectivity index (χ0n) is 18.2. The molecule has 1 atom stereocenters. The van der Waals surface area contributed by atoms with Crippen LogP contribution in [0.1, 0.15) is 27.0 Å². The number of aryl methyl sites for hydroxylation is 1. The minimum absolute atomic E-state index is 0.253. The van der Waals surface area contributed by atoms with Crippen molar-refractivity contribution in [3.8, 4) is 0 Å². The van der Waals surface area contributed by atoms with Crippen LogP contribution in [0.4, 0.5) is 17.6 Å². The van der Waals surface area contributed by atoms with Crippen LogP contribution in [-0.4, -0.2) is 30.9 Å². The Morgan fingerprint density at radius 2 is 1.79 bits per heavy atom. The fourth-order valence-corrected chi connectivity index (χ4v) is 4.47. The van der Waals surface area contributed by atoms with Crippen molar-refractivity contribution in [2.75, 3.05) is 10.2 Å². The lowest BCUT2D eigenvalue weighted by Crippen LogP contribution is -2.45. The van der Waals surface area contributed by atoms with Crippen molar-refractivity contribution >= 4 is 34.5 Å². The second-order valence-electron chi connectivity index (χ2n) is 8.21. The second kappa shape index (κ2) is 7.50. The molecule has 0 radical (unpaired) electrons. The maximum Gasteiger partial charge on any atom is 0.261 e. The summed E-state index contributed by atoms with van der Waals surface area (Å²) in [5.41, 5.74) is 2.89. The predicted octanol–water partition coefficient (Wildman–Crippen LogP) is 4.26. The van der Waals surface area contributed by atoms with Gasteiger partial charge in [-0.05, 0) is 48.9 Å². The molecular formula is C26H20N6O2. The first kappa shape index (κ1) is 20.1. The molecule has 34 heavy (non-hydrogen) atoms. The van der Waals surface area contributed by atoms with E-state index in [1.807, 2.05) is 49.4 Å². The van der Waals surface area contributed by atoms with Gasteiger partial charge in [-0.25, -0.2) is 15.0 Å². The molecule has 3 heterocycles. The molecule has 3 N–H and O–H groups in total. The third-order valence-corrected chi connectivity index (χ3v) is 6.00. The maximum absolute atomic E-state index is 13.5. The number of nitrogens with one attached hydrogen (secondary N) is 2. The van der Waals surface area contributed by atoms with Gasteiger partial charge in [-0.15, -0.1) is 0 Å². The van der Waals surface area contributed by atoms with Crippen LogP contribution in [0.15, 0.2) is 85.2 Å². The number of aromatic nitrogens is 4. The molecule has 1 aliphatic rings. The minimum Gasteiger partial charge on any atom is -0.363 e. The van der Waals surface area contributed by atoms with E-state index < -0.39 is 5.72 Å². The normalized spacial score (nSPS) is 17.2. The van der Waals surface area contributed by atoms with Crippen LogP contribution in [0, 0.1) is 6.92 Å². The first-order chi connectivity index (χ1) is 16.5. The molecule has 1 unspecified atom stereocenters. The van der Waals surface area contributed by atoms with E-state index in [1.54, 1.807) is 42.7 Å². The summed E-state index contributed by atoms with van der Waals surface area (Å²) in [6.45, 7) is 1.96. The summed E-state index contributed by atoms with van der Waals surface area (Å²) in [7, 11) is 0. The van der Waals surface area contributed by atoms with Gasteiger partial charge in [-0.1, -0.05) is 36.4 Å². The molecule has 1 aliphatic heterocycles. The molecule has 0 spiro atoms. The van der Waals surface area contributed by atoms with Gasteiger partial charge >= 0.3 is 0 Å². The second-order valence-corrected chi connectivity index (χ2v) is 8.21. The number of carbonyl (C=O) groups excluding carboxylic acids is 1. The lowest BCUT2D eigenvalue weighted by Gasteiger charge is -2.35. The maximum atomic E-state index is 13.5. The molecular weight excluding hydrogens is 428 g/mol. The molecule has 0 bridgehead atoms. The number of benzene rings is 3. The average Bonchev–Trinajstić information content (AvgIpc) is 3.35. The zero-order chi connectivity index (χ0) is 23.3. The van der Waals surface area contributed by atoms with Crippen molar-refractivity contribution in [1.29, 1.82) is 0 Å². The van der Waals surface area contributed by atoms with E-state index in [1.165, 1.54) is 4.90 Å². The number of nitrogens with zero attached hydrogens (tertiary/aromatic N) is 4. The Bertz CT molecular complexity index is 1550. The molecule has 0 saturated carbocycles. The van der Waals surface area contributed by atoms with Gasteiger partial charge in [0.05, 0.1) is 11.0 Å². The van der Waals surface area contributed by atoms with Crippen LogP contribution < -0.4 is 10.2 Å². The molecule has 0 aliphatic carbocycles. The van der Waals surface area contributed by atoms with E-state index in [9.17, 15) is 9.90 Å². The van der Waals surface area contributed by atoms with E-state index in [4.69, 9.17) is 0 Å². The average molecular weight is 448 g/mol. The summed E-state index contributed by atoms with van der Waals surface area (Å²) in [6, 6.07) is 21.9. The highest BCUT2D eigenvalue weighted by molar-refractivity contribution is 6.12. The molecule has 0 saturated heterocycles. The van der Waals surface area contributed by atoms with Crippen molar-refractivity contribution < 1.29 is 9.90 Å². The number of imidazole rings is 1. The van der Waals surface area contributed by atoms with E-state index in [0.29, 0.717) is 45.3 Å². The number of hydrogen-bond acceptors (Lipinski definition) is 6. The first-order valence-corrected chi connectivity index (χ1v) is 10.8. The summed E-state index contributed by atoms with van der Waals surface area (Å²) >= 11 is 0. The van der Waals surface area contributed by atoms with Gasteiger partial charge < -0.3 is 10.1 Å². The number of aromatic amines is 1. The standard InChI is InChI=1S/C26H20N6O2/c1-16-6-4-7-18(14-16)32-23(33)19-8-2-3-9-20(19)26(32,34)17-10-11-21-22(15-17)30-25(29-21)31-24-27-12-5-13-28-24/h2-15,34H,1H3,(H2,27,28,29,30,31). The van der Waals surface area contributed by atoms with Gasteiger partial charge in [0.2, 0.25) is 11.9 Å². The summed E-state index contributed by atoms with van der Waals surface area (Å²) in [5.74, 6) is 0.641. The van der Waals surface area contributed by atoms with Crippen LogP contribution in [0.5, 0.6) is 0 Å². The predicted molar refractivity (Wildman–Crippen MR) is 129 cm³/mol. The Hall–Kier alpha value is -4.56. The monoisotopic (exact) mass is 448 g/mol. The molecule has 1 amide bonds. The van der Waals surface area contributed by atoms with Crippen LogP contribution in [0.3, 0.4) is 0 Å². The SMILES string of the molecule is Cc1cccc(N2C(=O)c3ccccc3C2(O)c2ccc3nc(Nc4ncccn4)[nH]c3c2)c1. The number of fused-ring (bicyclic) bond motifs is 2. The van der Waals surface area contributed by atoms with Gasteiger partial charge in [0.1, 0.15) is 0 Å². The van der Waals surface area contributed by atoms with Crippen molar-refractivity contribution in [2.24, 2.45) is 0 Å². The lowest BCUT2D eigenvalue weighted by molar-refractivity contribution is 0.0704. The van der Waals surface area contributed by atoms with E-state index in [0.717, 1.165) is 5.56 Å². The summed E-state index contributed by atoms with van der Waals surface area (Å²) < 4.78 is 0. The zero-order valence-corrected chi connectivity index (χ0v) is 18.2. The highest BCUT2D eigenvalue weighted by Gasteiger charge is 2.50. The van der Waals surface area contributed by atoms with Gasteiger partial charge in [-0.2, -0.15) is 0 Å². The van der Waals surface area contributed by atoms with Gasteiger partial charge in [-0.3, -0.25) is 15.0 Å². The summed E-state index contributed by atoms with van der Waals surface area (Å²) in [6.07, 6.45) is 3.28. The quantitative estimate of drug-likeness (QED) is 0.379. The third-order valence-electron chi connectivity index (χ3n) is 6.00. The summed E-state index contributed by atoms with van der Waals surface area (Å²) in [4.78, 5) is 31.0. The van der Waals surface area contributed by atoms with E-state index in [-0.39, 0.29) is 5.91 Å². The van der Waals surface area contributed by atoms with Gasteiger partial charge in [0.15, 0.2) is 5.72 Å². The number of amides is 1. The largest absolute Gasteiger partial charge is 0.363 e. The Morgan fingerprint density at radius 3 is 2.62 bits per heavy atom. The highest BCUT2D eigenvalue weighted by atomic mass is 16.3. The Labute approximate surface area is 195 Å². The van der Waals surface area contributed by atoms with Crippen LogP contribution in [-0.2, 0) is 5.72 Å². The van der Waals surface area contributed by atoms with Crippen molar-refractivity contribution in [3.63, 3.8) is 0 Å².